The lowest BCUT2D eigenvalue weighted by Crippen LogP contribution is -2.45. The number of carbonyl (C=O) groups excluding carboxylic acids is 2. The summed E-state index contributed by atoms with van der Waals surface area (Å²) in [4.78, 5) is 24.6. The normalized spacial score (nSPS) is 12.8. The van der Waals surface area contributed by atoms with Gasteiger partial charge >= 0.3 is 5.97 Å². The van der Waals surface area contributed by atoms with Crippen LogP contribution < -0.4 is 5.32 Å². The van der Waals surface area contributed by atoms with E-state index < -0.39 is 12.1 Å². The highest BCUT2D eigenvalue weighted by molar-refractivity contribution is 5.76. The second-order valence-electron chi connectivity index (χ2n) is 22.8. The largest absolute Gasteiger partial charge is 0.466 e. The summed E-state index contributed by atoms with van der Waals surface area (Å²) in [5.74, 6) is -0.0578. The molecule has 0 aromatic carbocycles. The molecule has 6 nitrogen and oxygen atoms in total. The average Bonchev–Trinajstić information content (AvgIpc) is 3.40. The van der Waals surface area contributed by atoms with Gasteiger partial charge in [0.25, 0.3) is 0 Å². The van der Waals surface area contributed by atoms with Crippen molar-refractivity contribution in [2.45, 2.75) is 373 Å². The fourth-order valence-corrected chi connectivity index (χ4v) is 10.3. The Hall–Kier alpha value is -1.92. The number of esters is 1. The predicted molar refractivity (Wildman–Crippen MR) is 324 cm³/mol. The summed E-state index contributed by atoms with van der Waals surface area (Å²) in [5, 5.41) is 23.4. The first-order valence-corrected chi connectivity index (χ1v) is 33.3. The Morgan fingerprint density at radius 2 is 0.676 bits per heavy atom. The zero-order chi connectivity index (χ0) is 53.6. The molecule has 1 amide bonds. The molecule has 0 radical (unpaired) electrons. The third-order valence-electron chi connectivity index (χ3n) is 15.4. The van der Waals surface area contributed by atoms with Crippen LogP contribution in [0.3, 0.4) is 0 Å². The van der Waals surface area contributed by atoms with Crippen molar-refractivity contribution in [2.75, 3.05) is 13.2 Å². The van der Waals surface area contributed by atoms with Gasteiger partial charge in [-0.2, -0.15) is 0 Å². The van der Waals surface area contributed by atoms with Crippen LogP contribution in [0.1, 0.15) is 361 Å². The van der Waals surface area contributed by atoms with E-state index in [0.717, 1.165) is 70.6 Å². The second-order valence-corrected chi connectivity index (χ2v) is 22.8. The molecule has 2 atom stereocenters. The molecule has 3 N–H and O–H groups in total. The average molecular weight is 1040 g/mol. The van der Waals surface area contributed by atoms with Crippen LogP contribution in [-0.2, 0) is 14.3 Å². The summed E-state index contributed by atoms with van der Waals surface area (Å²) in [7, 11) is 0. The lowest BCUT2D eigenvalue weighted by molar-refractivity contribution is -0.143. The van der Waals surface area contributed by atoms with Gasteiger partial charge in [0.05, 0.1) is 25.4 Å². The Morgan fingerprint density at radius 3 is 1.04 bits per heavy atom. The molecular formula is C68H129NO5. The van der Waals surface area contributed by atoms with Crippen LogP contribution in [0.15, 0.2) is 36.5 Å². The number of carbonyl (C=O) groups is 2. The summed E-state index contributed by atoms with van der Waals surface area (Å²) in [6, 6.07) is -0.551. The van der Waals surface area contributed by atoms with E-state index >= 15 is 0 Å². The maximum absolute atomic E-state index is 12.5. The summed E-state index contributed by atoms with van der Waals surface area (Å²) < 4.78 is 5.47. The van der Waals surface area contributed by atoms with Crippen molar-refractivity contribution in [2.24, 2.45) is 0 Å². The maximum Gasteiger partial charge on any atom is 0.305 e. The van der Waals surface area contributed by atoms with Crippen molar-refractivity contribution in [3.05, 3.63) is 36.5 Å². The molecule has 2 unspecified atom stereocenters. The summed E-state index contributed by atoms with van der Waals surface area (Å²) in [6.45, 7) is 4.93. The van der Waals surface area contributed by atoms with Crippen molar-refractivity contribution >= 4 is 11.9 Å². The Morgan fingerprint density at radius 1 is 0.378 bits per heavy atom. The van der Waals surface area contributed by atoms with Crippen LogP contribution >= 0.6 is 0 Å². The first kappa shape index (κ1) is 72.1. The first-order chi connectivity index (χ1) is 36.5. The monoisotopic (exact) mass is 1040 g/mol. The third kappa shape index (κ3) is 59.3. The Labute approximate surface area is 462 Å². The fraction of sp³-hybridized carbons (Fsp3) is 0.882. The van der Waals surface area contributed by atoms with Crippen molar-refractivity contribution in [1.29, 1.82) is 0 Å². The Balaban J connectivity index is 3.47. The van der Waals surface area contributed by atoms with E-state index in [4.69, 9.17) is 4.74 Å². The number of hydrogen-bond acceptors (Lipinski definition) is 5. The van der Waals surface area contributed by atoms with Crippen LogP contribution in [0.2, 0.25) is 0 Å². The number of rotatable bonds is 62. The zero-order valence-corrected chi connectivity index (χ0v) is 49.8. The molecule has 0 aliphatic heterocycles. The molecule has 0 bridgehead atoms. The van der Waals surface area contributed by atoms with Gasteiger partial charge in [-0.1, -0.05) is 301 Å². The SMILES string of the molecule is CCCCCCCC/C=C\CCCCCCCCCC(=O)OCCCCC/C=C\C=C/CCCCCCCCCCCCC(=O)NC(CO)C(O)CCCCCCCCCCCCCCCCCCCCCCC. The van der Waals surface area contributed by atoms with E-state index in [2.05, 4.69) is 55.6 Å². The molecule has 0 aromatic heterocycles. The topological polar surface area (TPSA) is 95.9 Å². The van der Waals surface area contributed by atoms with Crippen LogP contribution in [0.5, 0.6) is 0 Å². The molecular weight excluding hydrogens is 911 g/mol. The molecule has 0 saturated heterocycles. The number of amides is 1. The lowest BCUT2D eigenvalue weighted by Gasteiger charge is -2.22. The summed E-state index contributed by atoms with van der Waals surface area (Å²) >= 11 is 0. The van der Waals surface area contributed by atoms with Gasteiger partial charge in [-0.3, -0.25) is 9.59 Å². The van der Waals surface area contributed by atoms with Gasteiger partial charge in [-0.15, -0.1) is 0 Å². The Kier molecular flexibility index (Phi) is 62.0. The minimum Gasteiger partial charge on any atom is -0.466 e. The first-order valence-electron chi connectivity index (χ1n) is 33.3. The van der Waals surface area contributed by atoms with Gasteiger partial charge in [0.2, 0.25) is 5.91 Å². The molecule has 0 saturated carbocycles. The van der Waals surface area contributed by atoms with Crippen LogP contribution in [0, 0.1) is 0 Å². The van der Waals surface area contributed by atoms with Gasteiger partial charge in [-0.05, 0) is 83.5 Å². The highest BCUT2D eigenvalue weighted by Crippen LogP contribution is 2.18. The predicted octanol–water partition coefficient (Wildman–Crippen LogP) is 21.1. The number of aliphatic hydroxyl groups excluding tert-OH is 2. The van der Waals surface area contributed by atoms with E-state index in [-0.39, 0.29) is 18.5 Å². The van der Waals surface area contributed by atoms with E-state index in [1.54, 1.807) is 0 Å². The van der Waals surface area contributed by atoms with Gasteiger partial charge in [-0.25, -0.2) is 0 Å². The molecule has 74 heavy (non-hydrogen) atoms. The van der Waals surface area contributed by atoms with Crippen LogP contribution in [0.25, 0.3) is 0 Å². The van der Waals surface area contributed by atoms with Crippen molar-refractivity contribution in [3.63, 3.8) is 0 Å². The number of ether oxygens (including phenoxy) is 1. The molecule has 0 aliphatic carbocycles. The quantitative estimate of drug-likeness (QED) is 0.0244. The molecule has 0 rings (SSSR count). The molecule has 0 aromatic rings. The molecule has 6 heteroatoms. The number of aliphatic hydroxyl groups is 2. The molecule has 436 valence electrons. The smallest absolute Gasteiger partial charge is 0.305 e. The van der Waals surface area contributed by atoms with E-state index in [1.165, 1.54) is 257 Å². The van der Waals surface area contributed by atoms with E-state index in [0.29, 0.717) is 25.9 Å². The zero-order valence-electron chi connectivity index (χ0n) is 49.8. The minimum absolute atomic E-state index is 0.0161. The van der Waals surface area contributed by atoms with Crippen LogP contribution in [-0.4, -0.2) is 47.4 Å². The van der Waals surface area contributed by atoms with Crippen molar-refractivity contribution < 1.29 is 24.5 Å². The summed E-state index contributed by atoms with van der Waals surface area (Å²) in [5.41, 5.74) is 0. The fourth-order valence-electron chi connectivity index (χ4n) is 10.3. The molecule has 0 spiro atoms. The molecule has 0 fully saturated rings. The number of allylic oxidation sites excluding steroid dienone is 6. The van der Waals surface area contributed by atoms with E-state index in [1.807, 2.05) is 0 Å². The summed E-state index contributed by atoms with van der Waals surface area (Å²) in [6.07, 6.45) is 80.2. The second kappa shape index (κ2) is 63.6. The molecule has 0 aliphatic rings. The highest BCUT2D eigenvalue weighted by atomic mass is 16.5. The third-order valence-corrected chi connectivity index (χ3v) is 15.4. The lowest BCUT2D eigenvalue weighted by atomic mass is 10.0. The van der Waals surface area contributed by atoms with Crippen LogP contribution in [0.4, 0.5) is 0 Å². The molecule has 0 heterocycles. The Bertz CT molecular complexity index is 1200. The van der Waals surface area contributed by atoms with Crippen molar-refractivity contribution in [3.8, 4) is 0 Å². The minimum atomic E-state index is -0.673. The number of nitrogens with one attached hydrogen (secondary N) is 1. The maximum atomic E-state index is 12.5. The van der Waals surface area contributed by atoms with Gasteiger partial charge in [0.15, 0.2) is 0 Å². The number of unbranched alkanes of at least 4 members (excludes halogenated alkanes) is 46. The number of hydrogen-bond donors (Lipinski definition) is 3. The van der Waals surface area contributed by atoms with Crippen molar-refractivity contribution in [1.82, 2.24) is 5.32 Å². The van der Waals surface area contributed by atoms with Gasteiger partial charge in [0, 0.05) is 12.8 Å². The highest BCUT2D eigenvalue weighted by Gasteiger charge is 2.20. The van der Waals surface area contributed by atoms with Gasteiger partial charge in [0.1, 0.15) is 0 Å². The van der Waals surface area contributed by atoms with Gasteiger partial charge < -0.3 is 20.3 Å². The van der Waals surface area contributed by atoms with E-state index in [9.17, 15) is 19.8 Å². The standard InChI is InChI=1S/C68H129NO5/c1-3-5-7-9-11-13-15-17-19-21-22-23-25-29-32-36-40-44-48-52-56-60-66(71)65(64-70)69-67(72)61-57-53-49-45-41-37-33-30-26-24-27-31-35-39-43-47-51-55-59-63-74-68(73)62-58-54-50-46-42-38-34-28-20-18-16-14-12-10-8-6-4-2/h18,20,31,35,39,43,65-66,70-71H,3-17,19,21-30,32-34,36-38,40-42,44-64H2,1-2H3,(H,69,72)/b20-18-,35-31-,43-39-.